The second kappa shape index (κ2) is 10.9. The topological polar surface area (TPSA) is 58.5 Å². The van der Waals surface area contributed by atoms with Crippen molar-refractivity contribution in [1.82, 2.24) is 10.2 Å². The molecule has 1 aliphatic rings. The summed E-state index contributed by atoms with van der Waals surface area (Å²) in [6.45, 7) is 1.54. The summed E-state index contributed by atoms with van der Waals surface area (Å²) in [5, 5.41) is 17.8. The third-order valence-corrected chi connectivity index (χ3v) is 4.75. The Labute approximate surface area is 217 Å². The summed E-state index contributed by atoms with van der Waals surface area (Å²) in [7, 11) is 0. The zero-order valence-corrected chi connectivity index (χ0v) is 19.9. The Morgan fingerprint density at radius 2 is 1.67 bits per heavy atom. The monoisotopic (exact) mass is 428 g/mol. The van der Waals surface area contributed by atoms with E-state index >= 15 is 0 Å². The first kappa shape index (κ1) is 22.7. The Hall–Kier alpha value is -1.95. The van der Waals surface area contributed by atoms with Crippen LogP contribution in [0.25, 0.3) is 0 Å². The van der Waals surface area contributed by atoms with Crippen molar-refractivity contribution in [1.29, 1.82) is 0 Å². The zero-order chi connectivity index (χ0) is 20.1. The number of piperidine rings is 1. The van der Waals surface area contributed by atoms with Crippen LogP contribution in [-0.2, 0) is 0 Å². The maximum atomic E-state index is 13.7. The molecule has 1 radical (unpaired) electrons. The molecular weight excluding hydrogens is 408 g/mol. The molecule has 30 heavy (non-hydrogen) atoms. The fourth-order valence-corrected chi connectivity index (χ4v) is 3.16. The largest absolute Gasteiger partial charge is 0.508 e. The number of para-hydroxylation sites is 1. The first-order chi connectivity index (χ1) is 14.2. The Morgan fingerprint density at radius 1 is 0.933 bits per heavy atom. The number of hydrogen-bond acceptors (Lipinski definition) is 5. The number of hydrogen-bond donors (Lipinski definition) is 1. The molecule has 2 aromatic carbocycles. The van der Waals surface area contributed by atoms with Gasteiger partial charge in [-0.3, -0.25) is 0 Å². The number of aromatic hydroxyl groups is 1. The van der Waals surface area contributed by atoms with Crippen molar-refractivity contribution >= 4 is 57.2 Å². The number of anilines is 1. The standard InChI is InChI=1S/C23H20FN3O2.K/c24-21-3-1-2-4-22(21)29-20-13-15-27(16-14-20)23-12-9-18(25-26-23)8-5-17-6-10-19(28)11-7-17;/h1-4,6-7,9-12,20,28H,13-16H2;. The van der Waals surface area contributed by atoms with Crippen molar-refractivity contribution in [2.24, 2.45) is 0 Å². The van der Waals surface area contributed by atoms with Crippen molar-refractivity contribution in [2.45, 2.75) is 18.9 Å². The summed E-state index contributed by atoms with van der Waals surface area (Å²) < 4.78 is 19.5. The SMILES string of the molecule is Oc1ccc(C#Cc2ccc(N3CCC(Oc4ccccc4F)CC3)nn2)cc1.[K]. The number of benzene rings is 2. The molecular formula is C23H20FKN3O2. The van der Waals surface area contributed by atoms with Crippen LogP contribution in [0, 0.1) is 17.7 Å². The number of phenols is 1. The van der Waals surface area contributed by atoms with Gasteiger partial charge < -0.3 is 14.7 Å². The number of halogens is 1. The maximum absolute atomic E-state index is 13.7. The van der Waals surface area contributed by atoms with Crippen LogP contribution in [0.4, 0.5) is 10.2 Å². The van der Waals surface area contributed by atoms with E-state index in [-0.39, 0.29) is 69.1 Å². The molecule has 2 heterocycles. The number of aromatic nitrogens is 2. The molecule has 0 atom stereocenters. The van der Waals surface area contributed by atoms with Gasteiger partial charge in [0.15, 0.2) is 17.4 Å². The third kappa shape index (κ3) is 6.03. The summed E-state index contributed by atoms with van der Waals surface area (Å²) in [5.74, 6) is 6.95. The van der Waals surface area contributed by atoms with Crippen molar-refractivity contribution in [3.8, 4) is 23.3 Å². The molecule has 1 fully saturated rings. The van der Waals surface area contributed by atoms with Gasteiger partial charge in [0.05, 0.1) is 0 Å². The molecule has 3 aromatic rings. The van der Waals surface area contributed by atoms with E-state index in [0.29, 0.717) is 11.4 Å². The number of phenolic OH excluding ortho intramolecular Hbond substituents is 1. The van der Waals surface area contributed by atoms with Crippen molar-refractivity contribution in [2.75, 3.05) is 18.0 Å². The van der Waals surface area contributed by atoms with Gasteiger partial charge in [0.2, 0.25) is 0 Å². The van der Waals surface area contributed by atoms with Gasteiger partial charge in [-0.1, -0.05) is 18.1 Å². The molecule has 7 heteroatoms. The summed E-state index contributed by atoms with van der Waals surface area (Å²) in [4.78, 5) is 2.14. The van der Waals surface area contributed by atoms with Crippen LogP contribution < -0.4 is 9.64 Å². The molecule has 5 nitrogen and oxygen atoms in total. The van der Waals surface area contributed by atoms with Crippen LogP contribution >= 0.6 is 0 Å². The summed E-state index contributed by atoms with van der Waals surface area (Å²) >= 11 is 0. The van der Waals surface area contributed by atoms with Crippen molar-refractivity contribution in [3.63, 3.8) is 0 Å². The van der Waals surface area contributed by atoms with E-state index in [9.17, 15) is 9.50 Å². The van der Waals surface area contributed by atoms with Gasteiger partial charge in [0.1, 0.15) is 17.5 Å². The summed E-state index contributed by atoms with van der Waals surface area (Å²) in [6.07, 6.45) is 1.57. The second-order valence-electron chi connectivity index (χ2n) is 6.81. The molecule has 1 aromatic heterocycles. The van der Waals surface area contributed by atoms with Crippen LogP contribution in [-0.4, -0.2) is 85.9 Å². The number of ether oxygens (including phenoxy) is 1. The predicted octanol–water partition coefficient (Wildman–Crippen LogP) is 3.39. The van der Waals surface area contributed by atoms with E-state index in [2.05, 4.69) is 26.9 Å². The Bertz CT molecular complexity index is 1020. The molecule has 0 spiro atoms. The van der Waals surface area contributed by atoms with Gasteiger partial charge in [-0.15, -0.1) is 10.2 Å². The molecule has 0 aliphatic carbocycles. The Balaban J connectivity index is 0.00000256. The average Bonchev–Trinajstić information content (AvgIpc) is 2.76. The van der Waals surface area contributed by atoms with Crippen molar-refractivity contribution < 1.29 is 14.2 Å². The minimum Gasteiger partial charge on any atom is -0.508 e. The molecule has 0 unspecified atom stereocenters. The van der Waals surface area contributed by atoms with Crippen LogP contribution in [0.5, 0.6) is 11.5 Å². The van der Waals surface area contributed by atoms with Crippen molar-refractivity contribution in [3.05, 3.63) is 77.7 Å². The Morgan fingerprint density at radius 3 is 2.33 bits per heavy atom. The van der Waals surface area contributed by atoms with Crippen LogP contribution in [0.1, 0.15) is 24.1 Å². The van der Waals surface area contributed by atoms with Gasteiger partial charge in [-0.25, -0.2) is 4.39 Å². The number of nitrogens with zero attached hydrogens (tertiary/aromatic N) is 3. The normalized spacial score (nSPS) is 13.7. The number of rotatable bonds is 3. The van der Waals surface area contributed by atoms with Gasteiger partial charge in [-0.05, 0) is 54.5 Å². The van der Waals surface area contributed by atoms with Gasteiger partial charge >= 0.3 is 0 Å². The van der Waals surface area contributed by atoms with E-state index in [1.807, 2.05) is 12.1 Å². The summed E-state index contributed by atoms with van der Waals surface area (Å²) in [5.41, 5.74) is 1.38. The molecule has 4 rings (SSSR count). The minimum absolute atomic E-state index is 0. The van der Waals surface area contributed by atoms with E-state index < -0.39 is 0 Å². The molecule has 1 saturated heterocycles. The molecule has 1 N–H and O–H groups in total. The molecule has 147 valence electrons. The quantitative estimate of drug-likeness (QED) is 0.512. The molecule has 0 saturated carbocycles. The van der Waals surface area contributed by atoms with Crippen LogP contribution in [0.3, 0.4) is 0 Å². The van der Waals surface area contributed by atoms with Crippen LogP contribution in [0.15, 0.2) is 60.7 Å². The van der Waals surface area contributed by atoms with Gasteiger partial charge in [0.25, 0.3) is 0 Å². The smallest absolute Gasteiger partial charge is 0.165 e. The first-order valence-electron chi connectivity index (χ1n) is 9.48. The fraction of sp³-hybridized carbons (Fsp3) is 0.217. The summed E-state index contributed by atoms with van der Waals surface area (Å²) in [6, 6.07) is 16.9. The molecule has 0 amide bonds. The van der Waals surface area contributed by atoms with Gasteiger partial charge in [0, 0.05) is 82.9 Å². The minimum atomic E-state index is -0.329. The van der Waals surface area contributed by atoms with Crippen LogP contribution in [0.2, 0.25) is 0 Å². The van der Waals surface area contributed by atoms with E-state index in [1.54, 1.807) is 42.5 Å². The second-order valence-corrected chi connectivity index (χ2v) is 6.81. The van der Waals surface area contributed by atoms with Gasteiger partial charge in [-0.2, -0.15) is 0 Å². The average molecular weight is 429 g/mol. The first-order valence-corrected chi connectivity index (χ1v) is 9.48. The van der Waals surface area contributed by atoms with E-state index in [4.69, 9.17) is 4.74 Å². The maximum Gasteiger partial charge on any atom is 0.165 e. The Kier molecular flexibility index (Phi) is 8.25. The molecule has 1 aliphatic heterocycles. The fourth-order valence-electron chi connectivity index (χ4n) is 3.16. The predicted molar refractivity (Wildman–Crippen MR) is 114 cm³/mol. The van der Waals surface area contributed by atoms with E-state index in [1.165, 1.54) is 6.07 Å². The van der Waals surface area contributed by atoms with E-state index in [0.717, 1.165) is 37.3 Å². The zero-order valence-electron chi connectivity index (χ0n) is 16.8. The third-order valence-electron chi connectivity index (χ3n) is 4.75. The molecule has 0 bridgehead atoms.